The van der Waals surface area contributed by atoms with E-state index in [0.29, 0.717) is 17.3 Å². The van der Waals surface area contributed by atoms with Crippen LogP contribution in [0.5, 0.6) is 5.75 Å². The molecule has 0 fully saturated rings. The van der Waals surface area contributed by atoms with Gasteiger partial charge in [0.2, 0.25) is 11.7 Å². The zero-order valence-corrected chi connectivity index (χ0v) is 9.44. The maximum absolute atomic E-state index is 13.1. The molecular formula is C11H12FN3O2. The first kappa shape index (κ1) is 11.5. The molecule has 0 aliphatic carbocycles. The molecule has 2 aromatic rings. The minimum Gasteiger partial charge on any atom is -0.505 e. The Hall–Kier alpha value is -1.95. The van der Waals surface area contributed by atoms with Crippen LogP contribution in [-0.4, -0.2) is 22.3 Å². The Balaban J connectivity index is 2.33. The smallest absolute Gasteiger partial charge is 0.243 e. The molecule has 0 aliphatic heterocycles. The Labute approximate surface area is 97.3 Å². The zero-order chi connectivity index (χ0) is 12.4. The lowest BCUT2D eigenvalue weighted by molar-refractivity contribution is 0.347. The SMILES string of the molecule is CNC(C)c1nc(-c2ccc(O)c(F)c2)no1. The molecule has 0 bridgehead atoms. The lowest BCUT2D eigenvalue weighted by Gasteiger charge is -2.01. The molecule has 1 heterocycles. The van der Waals surface area contributed by atoms with Gasteiger partial charge in [0.1, 0.15) is 0 Å². The van der Waals surface area contributed by atoms with Crippen LogP contribution in [0.15, 0.2) is 22.7 Å². The molecule has 0 saturated carbocycles. The van der Waals surface area contributed by atoms with E-state index in [-0.39, 0.29) is 6.04 Å². The number of hydrogen-bond donors (Lipinski definition) is 2. The molecule has 1 atom stereocenters. The van der Waals surface area contributed by atoms with Gasteiger partial charge in [-0.25, -0.2) is 4.39 Å². The maximum atomic E-state index is 13.1. The van der Waals surface area contributed by atoms with Crippen LogP contribution < -0.4 is 5.32 Å². The largest absolute Gasteiger partial charge is 0.505 e. The van der Waals surface area contributed by atoms with E-state index in [9.17, 15) is 4.39 Å². The lowest BCUT2D eigenvalue weighted by Crippen LogP contribution is -2.12. The van der Waals surface area contributed by atoms with Gasteiger partial charge in [0.15, 0.2) is 11.6 Å². The van der Waals surface area contributed by atoms with E-state index in [4.69, 9.17) is 9.63 Å². The third-order valence-electron chi connectivity index (χ3n) is 2.45. The predicted octanol–water partition coefficient (Wildman–Crippen LogP) is 1.86. The molecule has 0 radical (unpaired) electrons. The van der Waals surface area contributed by atoms with E-state index < -0.39 is 11.6 Å². The van der Waals surface area contributed by atoms with Crippen LogP contribution in [0.2, 0.25) is 0 Å². The average molecular weight is 237 g/mol. The maximum Gasteiger partial charge on any atom is 0.243 e. The van der Waals surface area contributed by atoms with E-state index in [1.807, 2.05) is 6.92 Å². The minimum atomic E-state index is -0.712. The molecule has 5 nitrogen and oxygen atoms in total. The third kappa shape index (κ3) is 2.26. The van der Waals surface area contributed by atoms with Crippen molar-refractivity contribution in [2.45, 2.75) is 13.0 Å². The number of phenols is 1. The second kappa shape index (κ2) is 4.50. The summed E-state index contributed by atoms with van der Waals surface area (Å²) in [5, 5.41) is 15.8. The summed E-state index contributed by atoms with van der Waals surface area (Å²) >= 11 is 0. The van der Waals surface area contributed by atoms with Crippen molar-refractivity contribution in [3.63, 3.8) is 0 Å². The van der Waals surface area contributed by atoms with Crippen molar-refractivity contribution >= 4 is 0 Å². The molecule has 0 saturated heterocycles. The van der Waals surface area contributed by atoms with Gasteiger partial charge in [-0.3, -0.25) is 0 Å². The summed E-state index contributed by atoms with van der Waals surface area (Å²) in [5.41, 5.74) is 0.457. The fourth-order valence-electron chi connectivity index (χ4n) is 1.30. The number of aromatic nitrogens is 2. The van der Waals surface area contributed by atoms with Gasteiger partial charge in [0, 0.05) is 5.56 Å². The van der Waals surface area contributed by atoms with Crippen LogP contribution in [0.4, 0.5) is 4.39 Å². The Morgan fingerprint density at radius 2 is 2.24 bits per heavy atom. The highest BCUT2D eigenvalue weighted by atomic mass is 19.1. The topological polar surface area (TPSA) is 71.2 Å². The zero-order valence-electron chi connectivity index (χ0n) is 9.44. The normalized spacial score (nSPS) is 12.6. The second-order valence-corrected chi connectivity index (χ2v) is 3.63. The number of phenolic OH excluding ortho intramolecular Hbond substituents is 1. The average Bonchev–Trinajstić information content (AvgIpc) is 2.81. The van der Waals surface area contributed by atoms with Gasteiger partial charge >= 0.3 is 0 Å². The number of nitrogens with one attached hydrogen (secondary N) is 1. The first-order valence-corrected chi connectivity index (χ1v) is 5.11. The van der Waals surface area contributed by atoms with E-state index >= 15 is 0 Å². The fraction of sp³-hybridized carbons (Fsp3) is 0.273. The van der Waals surface area contributed by atoms with Crippen LogP contribution in [0, 0.1) is 5.82 Å². The van der Waals surface area contributed by atoms with Gasteiger partial charge in [0.05, 0.1) is 6.04 Å². The number of halogens is 1. The highest BCUT2D eigenvalue weighted by molar-refractivity contribution is 5.55. The first-order valence-electron chi connectivity index (χ1n) is 5.11. The van der Waals surface area contributed by atoms with E-state index in [0.717, 1.165) is 6.07 Å². The third-order valence-corrected chi connectivity index (χ3v) is 2.45. The molecule has 2 N–H and O–H groups in total. The van der Waals surface area contributed by atoms with Gasteiger partial charge in [-0.1, -0.05) is 5.16 Å². The highest BCUT2D eigenvalue weighted by Crippen LogP contribution is 2.23. The van der Waals surface area contributed by atoms with Crippen molar-refractivity contribution in [2.75, 3.05) is 7.05 Å². The molecule has 17 heavy (non-hydrogen) atoms. The lowest BCUT2D eigenvalue weighted by atomic mass is 10.2. The highest BCUT2D eigenvalue weighted by Gasteiger charge is 2.14. The standard InChI is InChI=1S/C11H12FN3O2/c1-6(13-2)11-14-10(15-17-11)7-3-4-9(16)8(12)5-7/h3-6,13,16H,1-2H3. The van der Waals surface area contributed by atoms with Gasteiger partial charge in [-0.15, -0.1) is 0 Å². The number of rotatable bonds is 3. The van der Waals surface area contributed by atoms with Gasteiger partial charge in [0.25, 0.3) is 0 Å². The van der Waals surface area contributed by atoms with Crippen LogP contribution in [0.1, 0.15) is 18.9 Å². The first-order chi connectivity index (χ1) is 8.11. The Kier molecular flexibility index (Phi) is 3.06. The molecule has 0 spiro atoms. The Morgan fingerprint density at radius 1 is 1.47 bits per heavy atom. The molecule has 0 aliphatic rings. The molecule has 6 heteroatoms. The quantitative estimate of drug-likeness (QED) is 0.852. The molecule has 1 unspecified atom stereocenters. The molecule has 90 valence electrons. The number of hydrogen-bond acceptors (Lipinski definition) is 5. The van der Waals surface area contributed by atoms with Crippen LogP contribution in [0.25, 0.3) is 11.4 Å². The number of benzene rings is 1. The summed E-state index contributed by atoms with van der Waals surface area (Å²) in [7, 11) is 1.77. The predicted molar refractivity (Wildman–Crippen MR) is 58.8 cm³/mol. The van der Waals surface area contributed by atoms with Crippen LogP contribution in [0.3, 0.4) is 0 Å². The van der Waals surface area contributed by atoms with Crippen molar-refractivity contribution in [2.24, 2.45) is 0 Å². The van der Waals surface area contributed by atoms with Crippen molar-refractivity contribution < 1.29 is 14.0 Å². The van der Waals surface area contributed by atoms with Crippen LogP contribution >= 0.6 is 0 Å². The summed E-state index contributed by atoms with van der Waals surface area (Å²) in [6.45, 7) is 1.87. The summed E-state index contributed by atoms with van der Waals surface area (Å²) in [4.78, 5) is 4.13. The summed E-state index contributed by atoms with van der Waals surface area (Å²) in [5.74, 6) is -0.395. The van der Waals surface area contributed by atoms with Gasteiger partial charge < -0.3 is 14.9 Å². The molecule has 0 amide bonds. The molecule has 1 aromatic carbocycles. The summed E-state index contributed by atoms with van der Waals surface area (Å²) in [6, 6.07) is 3.87. The second-order valence-electron chi connectivity index (χ2n) is 3.63. The Bertz CT molecular complexity index is 527. The summed E-state index contributed by atoms with van der Waals surface area (Å²) < 4.78 is 18.2. The Morgan fingerprint density at radius 3 is 2.88 bits per heavy atom. The van der Waals surface area contributed by atoms with E-state index in [2.05, 4.69) is 15.5 Å². The van der Waals surface area contributed by atoms with Crippen molar-refractivity contribution in [1.29, 1.82) is 0 Å². The molecule has 2 rings (SSSR count). The van der Waals surface area contributed by atoms with Crippen molar-refractivity contribution in [3.05, 3.63) is 29.9 Å². The van der Waals surface area contributed by atoms with Gasteiger partial charge in [-0.05, 0) is 32.2 Å². The molecule has 1 aromatic heterocycles. The van der Waals surface area contributed by atoms with E-state index in [1.54, 1.807) is 7.05 Å². The number of aromatic hydroxyl groups is 1. The number of nitrogens with zero attached hydrogens (tertiary/aromatic N) is 2. The molecular weight excluding hydrogens is 225 g/mol. The van der Waals surface area contributed by atoms with E-state index in [1.165, 1.54) is 12.1 Å². The van der Waals surface area contributed by atoms with Crippen LogP contribution in [-0.2, 0) is 0 Å². The van der Waals surface area contributed by atoms with Crippen molar-refractivity contribution in [1.82, 2.24) is 15.5 Å². The summed E-state index contributed by atoms with van der Waals surface area (Å²) in [6.07, 6.45) is 0. The monoisotopic (exact) mass is 237 g/mol. The van der Waals surface area contributed by atoms with Crippen molar-refractivity contribution in [3.8, 4) is 17.1 Å². The minimum absolute atomic E-state index is 0.0711. The van der Waals surface area contributed by atoms with Gasteiger partial charge in [-0.2, -0.15) is 4.98 Å². The fourth-order valence-corrected chi connectivity index (χ4v) is 1.30.